The summed E-state index contributed by atoms with van der Waals surface area (Å²) in [5.74, 6) is 0.474. The fourth-order valence-corrected chi connectivity index (χ4v) is 5.05. The molecule has 6 heteroatoms. The molecule has 3 rings (SSSR count). The van der Waals surface area contributed by atoms with Gasteiger partial charge >= 0.3 is 0 Å². The van der Waals surface area contributed by atoms with E-state index in [1.165, 1.54) is 4.31 Å². The maximum Gasteiger partial charge on any atom is 0.244 e. The van der Waals surface area contributed by atoms with Crippen LogP contribution in [0.15, 0.2) is 47.4 Å². The van der Waals surface area contributed by atoms with Gasteiger partial charge in [-0.25, -0.2) is 8.42 Å². The van der Waals surface area contributed by atoms with Gasteiger partial charge in [0.1, 0.15) is 5.75 Å². The number of aryl methyl sites for hydroxylation is 1. The molecule has 132 valence electrons. The number of Topliss-reactive ketones (excluding diaryl/α,β-unsaturated/α-hetero) is 1. The summed E-state index contributed by atoms with van der Waals surface area (Å²) in [5.41, 5.74) is 2.06. The lowest BCUT2D eigenvalue weighted by molar-refractivity contribution is 0.0915. The normalized spacial score (nSPS) is 18.5. The topological polar surface area (TPSA) is 63.7 Å². The summed E-state index contributed by atoms with van der Waals surface area (Å²) in [6.45, 7) is 3.66. The molecule has 0 fully saturated rings. The molecule has 1 unspecified atom stereocenters. The predicted molar refractivity (Wildman–Crippen MR) is 95.6 cm³/mol. The van der Waals surface area contributed by atoms with E-state index in [0.29, 0.717) is 23.3 Å². The van der Waals surface area contributed by atoms with Gasteiger partial charge in [-0.3, -0.25) is 4.79 Å². The molecule has 0 bridgehead atoms. The number of rotatable bonds is 3. The summed E-state index contributed by atoms with van der Waals surface area (Å²) in [6.07, 6.45) is 0.466. The maximum absolute atomic E-state index is 13.1. The number of ether oxygens (including phenoxy) is 1. The van der Waals surface area contributed by atoms with Crippen molar-refractivity contribution in [2.24, 2.45) is 0 Å². The van der Waals surface area contributed by atoms with Crippen LogP contribution in [0.2, 0.25) is 0 Å². The van der Waals surface area contributed by atoms with Crippen molar-refractivity contribution in [2.75, 3.05) is 13.7 Å². The zero-order chi connectivity index (χ0) is 18.2. The smallest absolute Gasteiger partial charge is 0.244 e. The van der Waals surface area contributed by atoms with Gasteiger partial charge in [0.15, 0.2) is 5.78 Å². The minimum Gasteiger partial charge on any atom is -0.497 e. The van der Waals surface area contributed by atoms with E-state index in [2.05, 4.69) is 0 Å². The fraction of sp³-hybridized carbons (Fsp3) is 0.316. The highest BCUT2D eigenvalue weighted by Crippen LogP contribution is 2.28. The van der Waals surface area contributed by atoms with Gasteiger partial charge in [0.25, 0.3) is 0 Å². The minimum absolute atomic E-state index is 0.188. The molecule has 0 aromatic heterocycles. The van der Waals surface area contributed by atoms with Crippen molar-refractivity contribution in [3.05, 3.63) is 59.2 Å². The molecule has 2 aromatic carbocycles. The maximum atomic E-state index is 13.1. The van der Waals surface area contributed by atoms with Gasteiger partial charge in [-0.05, 0) is 55.7 Å². The fourth-order valence-electron chi connectivity index (χ4n) is 3.22. The van der Waals surface area contributed by atoms with E-state index in [1.54, 1.807) is 57.4 Å². The van der Waals surface area contributed by atoms with E-state index < -0.39 is 16.1 Å². The summed E-state index contributed by atoms with van der Waals surface area (Å²) in [4.78, 5) is 13.1. The van der Waals surface area contributed by atoms with Gasteiger partial charge in [-0.1, -0.05) is 18.2 Å². The number of carbonyl (C=O) groups excluding carboxylic acids is 1. The molecule has 1 heterocycles. The van der Waals surface area contributed by atoms with E-state index in [0.717, 1.165) is 5.56 Å². The van der Waals surface area contributed by atoms with Crippen molar-refractivity contribution in [2.45, 2.75) is 31.2 Å². The van der Waals surface area contributed by atoms with Crippen molar-refractivity contribution < 1.29 is 17.9 Å². The van der Waals surface area contributed by atoms with Crippen molar-refractivity contribution in [1.82, 2.24) is 4.31 Å². The molecular weight excluding hydrogens is 338 g/mol. The zero-order valence-electron chi connectivity index (χ0n) is 14.5. The highest BCUT2D eigenvalue weighted by atomic mass is 32.2. The number of fused-ring (bicyclic) bond motifs is 1. The SMILES string of the molecule is COc1ccc2c(c1)CCN(S(=O)(=O)c1ccccc1C)C(C)C2=O. The monoisotopic (exact) mass is 359 g/mol. The third-order valence-corrected chi connectivity index (χ3v) is 6.80. The van der Waals surface area contributed by atoms with Crippen LogP contribution >= 0.6 is 0 Å². The molecule has 2 aromatic rings. The summed E-state index contributed by atoms with van der Waals surface area (Å²) in [6, 6.07) is 11.4. The number of ketones is 1. The van der Waals surface area contributed by atoms with Gasteiger partial charge in [0.05, 0.1) is 18.0 Å². The van der Waals surface area contributed by atoms with Crippen LogP contribution in [-0.2, 0) is 16.4 Å². The van der Waals surface area contributed by atoms with E-state index in [9.17, 15) is 13.2 Å². The third-order valence-electron chi connectivity index (χ3n) is 4.67. The number of hydrogen-bond donors (Lipinski definition) is 0. The van der Waals surface area contributed by atoms with E-state index in [1.807, 2.05) is 6.07 Å². The highest BCUT2D eigenvalue weighted by Gasteiger charge is 2.36. The number of sulfonamides is 1. The quantitative estimate of drug-likeness (QED) is 0.845. The second-order valence-electron chi connectivity index (χ2n) is 6.19. The van der Waals surface area contributed by atoms with Crippen LogP contribution in [0.4, 0.5) is 0 Å². The third kappa shape index (κ3) is 3.07. The molecule has 0 amide bonds. The van der Waals surface area contributed by atoms with Crippen LogP contribution in [-0.4, -0.2) is 38.2 Å². The second-order valence-corrected chi connectivity index (χ2v) is 8.05. The Morgan fingerprint density at radius 1 is 1.16 bits per heavy atom. The first-order valence-electron chi connectivity index (χ1n) is 8.15. The number of methoxy groups -OCH3 is 1. The van der Waals surface area contributed by atoms with Gasteiger partial charge < -0.3 is 4.74 Å². The molecule has 0 spiro atoms. The van der Waals surface area contributed by atoms with Crippen molar-refractivity contribution in [3.63, 3.8) is 0 Å². The molecule has 0 saturated carbocycles. The Hall–Kier alpha value is -2.18. The number of nitrogens with zero attached hydrogens (tertiary/aromatic N) is 1. The summed E-state index contributed by atoms with van der Waals surface area (Å²) >= 11 is 0. The summed E-state index contributed by atoms with van der Waals surface area (Å²) in [5, 5.41) is 0. The molecule has 0 radical (unpaired) electrons. The van der Waals surface area contributed by atoms with Crippen LogP contribution in [0.3, 0.4) is 0 Å². The van der Waals surface area contributed by atoms with Gasteiger partial charge in [-0.2, -0.15) is 4.31 Å². The molecule has 5 nitrogen and oxygen atoms in total. The molecular formula is C19H21NO4S. The highest BCUT2D eigenvalue weighted by molar-refractivity contribution is 7.89. The Bertz CT molecular complexity index is 921. The molecule has 0 saturated heterocycles. The van der Waals surface area contributed by atoms with Crippen LogP contribution in [0.1, 0.15) is 28.4 Å². The van der Waals surface area contributed by atoms with Crippen LogP contribution in [0.25, 0.3) is 0 Å². The average Bonchev–Trinajstić information content (AvgIpc) is 2.72. The number of benzene rings is 2. The Morgan fingerprint density at radius 3 is 2.56 bits per heavy atom. The Balaban J connectivity index is 2.03. The summed E-state index contributed by atoms with van der Waals surface area (Å²) in [7, 11) is -2.18. The summed E-state index contributed by atoms with van der Waals surface area (Å²) < 4.78 is 32.8. The van der Waals surface area contributed by atoms with Gasteiger partial charge in [-0.15, -0.1) is 0 Å². The Labute approximate surface area is 148 Å². The second kappa shape index (κ2) is 6.61. The van der Waals surface area contributed by atoms with Crippen LogP contribution in [0, 0.1) is 6.92 Å². The number of carbonyl (C=O) groups is 1. The molecule has 1 aliphatic rings. The Morgan fingerprint density at radius 2 is 1.88 bits per heavy atom. The van der Waals surface area contributed by atoms with Crippen molar-refractivity contribution in [3.8, 4) is 5.75 Å². The lowest BCUT2D eigenvalue weighted by Gasteiger charge is -2.26. The van der Waals surface area contributed by atoms with Gasteiger partial charge in [0.2, 0.25) is 10.0 Å². The lowest BCUT2D eigenvalue weighted by Crippen LogP contribution is -2.42. The number of hydrogen-bond acceptors (Lipinski definition) is 4. The first kappa shape index (κ1) is 17.6. The zero-order valence-corrected chi connectivity index (χ0v) is 15.3. The van der Waals surface area contributed by atoms with Crippen molar-refractivity contribution >= 4 is 15.8 Å². The van der Waals surface area contributed by atoms with Crippen molar-refractivity contribution in [1.29, 1.82) is 0 Å². The largest absolute Gasteiger partial charge is 0.497 e. The minimum atomic E-state index is -3.75. The van der Waals surface area contributed by atoms with Gasteiger partial charge in [0, 0.05) is 12.1 Å². The molecule has 1 aliphatic heterocycles. The molecule has 25 heavy (non-hydrogen) atoms. The van der Waals surface area contributed by atoms with Crippen LogP contribution in [0.5, 0.6) is 5.75 Å². The first-order chi connectivity index (χ1) is 11.9. The predicted octanol–water partition coefficient (Wildman–Crippen LogP) is 2.82. The average molecular weight is 359 g/mol. The van der Waals surface area contributed by atoms with E-state index in [-0.39, 0.29) is 17.2 Å². The molecule has 0 N–H and O–H groups in total. The standard InChI is InChI=1S/C19H21NO4S/c1-13-6-4-5-7-18(13)25(22,23)20-11-10-15-12-16(24-3)8-9-17(15)19(21)14(20)2/h4-9,12,14H,10-11H2,1-3H3. The molecule has 1 atom stereocenters. The first-order valence-corrected chi connectivity index (χ1v) is 9.59. The molecule has 0 aliphatic carbocycles. The Kier molecular flexibility index (Phi) is 4.67. The van der Waals surface area contributed by atoms with E-state index >= 15 is 0 Å². The lowest BCUT2D eigenvalue weighted by atomic mass is 9.99. The van der Waals surface area contributed by atoms with E-state index in [4.69, 9.17) is 4.74 Å². The van der Waals surface area contributed by atoms with Crippen LogP contribution < -0.4 is 4.74 Å².